The Morgan fingerprint density at radius 2 is 1.92 bits per heavy atom. The van der Waals surface area contributed by atoms with Gasteiger partial charge in [-0.05, 0) is 49.3 Å². The molecule has 138 valence electrons. The molecule has 1 aliphatic carbocycles. The molecule has 1 saturated carbocycles. The van der Waals surface area contributed by atoms with Gasteiger partial charge in [-0.3, -0.25) is 4.79 Å². The van der Waals surface area contributed by atoms with E-state index in [1.54, 1.807) is 0 Å². The number of benzene rings is 1. The molecule has 0 saturated heterocycles. The lowest BCUT2D eigenvalue weighted by atomic mass is 9.78. The summed E-state index contributed by atoms with van der Waals surface area (Å²) in [6, 6.07) is 5.97. The fourth-order valence-electron chi connectivity index (χ4n) is 3.22. The van der Waals surface area contributed by atoms with Crippen LogP contribution in [0.1, 0.15) is 44.2 Å². The molecule has 1 aromatic rings. The smallest absolute Gasteiger partial charge is 0.344 e. The lowest BCUT2D eigenvalue weighted by Gasteiger charge is -2.34. The normalized spacial score (nSPS) is 23.0. The second-order valence-electron chi connectivity index (χ2n) is 7.16. The first kappa shape index (κ1) is 19.3. The van der Waals surface area contributed by atoms with Crippen molar-refractivity contribution in [2.75, 3.05) is 13.2 Å². The van der Waals surface area contributed by atoms with Crippen LogP contribution in [0.2, 0.25) is 0 Å². The van der Waals surface area contributed by atoms with E-state index in [1.165, 1.54) is 6.42 Å². The van der Waals surface area contributed by atoms with Gasteiger partial charge in [0.2, 0.25) is 0 Å². The predicted molar refractivity (Wildman–Crippen MR) is 96.5 cm³/mol. The summed E-state index contributed by atoms with van der Waals surface area (Å²) >= 11 is 0. The SMILES string of the molecule is Cc1ccc(C)c(OCC(=O)OCC(=O)N[C@H]2CCC[C@H](C)[C@H]2C)c1. The fraction of sp³-hybridized carbons (Fsp3) is 0.600. The van der Waals surface area contributed by atoms with Gasteiger partial charge in [-0.1, -0.05) is 38.8 Å². The predicted octanol–water partition coefficient (Wildman–Crippen LogP) is 3.17. The lowest BCUT2D eigenvalue weighted by molar-refractivity contribution is -0.150. The molecule has 0 aromatic heterocycles. The molecular weight excluding hydrogens is 318 g/mol. The monoisotopic (exact) mass is 347 g/mol. The van der Waals surface area contributed by atoms with Crippen LogP contribution in [-0.2, 0) is 14.3 Å². The van der Waals surface area contributed by atoms with Gasteiger partial charge in [0.1, 0.15) is 5.75 Å². The van der Waals surface area contributed by atoms with E-state index in [9.17, 15) is 9.59 Å². The van der Waals surface area contributed by atoms with Gasteiger partial charge in [-0.2, -0.15) is 0 Å². The molecule has 5 heteroatoms. The quantitative estimate of drug-likeness (QED) is 0.803. The maximum Gasteiger partial charge on any atom is 0.344 e. The van der Waals surface area contributed by atoms with Crippen LogP contribution in [-0.4, -0.2) is 31.1 Å². The molecule has 5 nitrogen and oxygen atoms in total. The van der Waals surface area contributed by atoms with Crippen LogP contribution >= 0.6 is 0 Å². The molecule has 25 heavy (non-hydrogen) atoms. The molecule has 1 N–H and O–H groups in total. The maximum absolute atomic E-state index is 12.0. The zero-order valence-electron chi connectivity index (χ0n) is 15.6. The second-order valence-corrected chi connectivity index (χ2v) is 7.16. The number of ether oxygens (including phenoxy) is 2. The Bertz CT molecular complexity index is 614. The van der Waals surface area contributed by atoms with Crippen LogP contribution in [0.3, 0.4) is 0 Å². The molecule has 0 unspecified atom stereocenters. The fourth-order valence-corrected chi connectivity index (χ4v) is 3.22. The third-order valence-electron chi connectivity index (χ3n) is 5.11. The van der Waals surface area contributed by atoms with Crippen LogP contribution in [0.5, 0.6) is 5.75 Å². The topological polar surface area (TPSA) is 64.6 Å². The Morgan fingerprint density at radius 3 is 2.68 bits per heavy atom. The number of carbonyl (C=O) groups excluding carboxylic acids is 2. The van der Waals surface area contributed by atoms with Gasteiger partial charge in [0.05, 0.1) is 0 Å². The van der Waals surface area contributed by atoms with Crippen molar-refractivity contribution in [2.45, 2.75) is 53.0 Å². The van der Waals surface area contributed by atoms with Crippen LogP contribution < -0.4 is 10.1 Å². The Morgan fingerprint density at radius 1 is 1.16 bits per heavy atom. The molecule has 0 bridgehead atoms. The summed E-state index contributed by atoms with van der Waals surface area (Å²) in [6.07, 6.45) is 3.32. The largest absolute Gasteiger partial charge is 0.482 e. The van der Waals surface area contributed by atoms with Crippen molar-refractivity contribution < 1.29 is 19.1 Å². The Balaban J connectivity index is 1.72. The summed E-state index contributed by atoms with van der Waals surface area (Å²) in [5.41, 5.74) is 2.01. The highest BCUT2D eigenvalue weighted by molar-refractivity contribution is 5.81. The molecule has 1 amide bonds. The van der Waals surface area contributed by atoms with Gasteiger partial charge >= 0.3 is 5.97 Å². The summed E-state index contributed by atoms with van der Waals surface area (Å²) in [4.78, 5) is 23.8. The van der Waals surface area contributed by atoms with E-state index in [1.807, 2.05) is 32.0 Å². The van der Waals surface area contributed by atoms with Crippen molar-refractivity contribution in [1.29, 1.82) is 0 Å². The molecule has 3 atom stereocenters. The van der Waals surface area contributed by atoms with Gasteiger partial charge in [-0.25, -0.2) is 4.79 Å². The van der Waals surface area contributed by atoms with Gasteiger partial charge in [0.15, 0.2) is 13.2 Å². The highest BCUT2D eigenvalue weighted by Gasteiger charge is 2.28. The molecule has 0 spiro atoms. The van der Waals surface area contributed by atoms with E-state index in [0.717, 1.165) is 24.0 Å². The molecule has 0 aliphatic heterocycles. The number of rotatable bonds is 6. The second kappa shape index (κ2) is 8.88. The minimum atomic E-state index is -0.541. The third kappa shape index (κ3) is 5.76. The van der Waals surface area contributed by atoms with Crippen molar-refractivity contribution in [3.8, 4) is 5.75 Å². The Hall–Kier alpha value is -2.04. The average molecular weight is 347 g/mol. The standard InChI is InChI=1S/C20H29NO4/c1-13-8-9-15(3)18(10-13)24-12-20(23)25-11-19(22)21-17-7-5-6-14(2)16(17)4/h8-10,14,16-17H,5-7,11-12H2,1-4H3,(H,21,22)/t14-,16+,17-/m0/s1. The number of esters is 1. The number of nitrogens with one attached hydrogen (secondary N) is 1. The number of carbonyl (C=O) groups is 2. The molecule has 1 fully saturated rings. The van der Waals surface area contributed by atoms with Gasteiger partial charge in [-0.15, -0.1) is 0 Å². The average Bonchev–Trinajstić information content (AvgIpc) is 2.58. The maximum atomic E-state index is 12.0. The van der Waals surface area contributed by atoms with E-state index >= 15 is 0 Å². The van der Waals surface area contributed by atoms with Crippen LogP contribution in [0, 0.1) is 25.7 Å². The molecule has 0 heterocycles. The van der Waals surface area contributed by atoms with Crippen LogP contribution in [0.15, 0.2) is 18.2 Å². The molecule has 2 rings (SSSR count). The first-order valence-corrected chi connectivity index (χ1v) is 9.02. The summed E-state index contributed by atoms with van der Waals surface area (Å²) in [6.45, 7) is 7.80. The zero-order valence-corrected chi connectivity index (χ0v) is 15.6. The first-order chi connectivity index (χ1) is 11.9. The van der Waals surface area contributed by atoms with Crippen molar-refractivity contribution in [3.05, 3.63) is 29.3 Å². The van der Waals surface area contributed by atoms with Crippen molar-refractivity contribution >= 4 is 11.9 Å². The zero-order chi connectivity index (χ0) is 18.4. The van der Waals surface area contributed by atoms with Crippen molar-refractivity contribution in [2.24, 2.45) is 11.8 Å². The highest BCUT2D eigenvalue weighted by atomic mass is 16.6. The summed E-state index contributed by atoms with van der Waals surface area (Å²) in [7, 11) is 0. The number of amides is 1. The summed E-state index contributed by atoms with van der Waals surface area (Å²) in [5, 5.41) is 2.99. The molecule has 0 radical (unpaired) electrons. The molecule has 1 aliphatic rings. The van der Waals surface area contributed by atoms with E-state index in [0.29, 0.717) is 17.6 Å². The number of hydrogen-bond donors (Lipinski definition) is 1. The van der Waals surface area contributed by atoms with Gasteiger partial charge < -0.3 is 14.8 Å². The molecule has 1 aromatic carbocycles. The van der Waals surface area contributed by atoms with E-state index in [-0.39, 0.29) is 25.2 Å². The third-order valence-corrected chi connectivity index (χ3v) is 5.11. The summed E-state index contributed by atoms with van der Waals surface area (Å²) in [5.74, 6) is 0.923. The molecular formula is C20H29NO4. The van der Waals surface area contributed by atoms with Crippen molar-refractivity contribution in [3.63, 3.8) is 0 Å². The first-order valence-electron chi connectivity index (χ1n) is 9.02. The minimum Gasteiger partial charge on any atom is -0.482 e. The Labute approximate surface area is 150 Å². The minimum absolute atomic E-state index is 0.168. The van der Waals surface area contributed by atoms with E-state index < -0.39 is 5.97 Å². The number of hydrogen-bond acceptors (Lipinski definition) is 4. The lowest BCUT2D eigenvalue weighted by Crippen LogP contribution is -2.45. The highest BCUT2D eigenvalue weighted by Crippen LogP contribution is 2.29. The van der Waals surface area contributed by atoms with Crippen molar-refractivity contribution in [1.82, 2.24) is 5.32 Å². The van der Waals surface area contributed by atoms with E-state index in [2.05, 4.69) is 19.2 Å². The Kier molecular flexibility index (Phi) is 6.85. The number of aryl methyl sites for hydroxylation is 2. The van der Waals surface area contributed by atoms with Crippen LogP contribution in [0.4, 0.5) is 0 Å². The van der Waals surface area contributed by atoms with Gasteiger partial charge in [0.25, 0.3) is 5.91 Å². The van der Waals surface area contributed by atoms with Gasteiger partial charge in [0, 0.05) is 6.04 Å². The van der Waals surface area contributed by atoms with Crippen LogP contribution in [0.25, 0.3) is 0 Å². The summed E-state index contributed by atoms with van der Waals surface area (Å²) < 4.78 is 10.5. The van der Waals surface area contributed by atoms with E-state index in [4.69, 9.17) is 9.47 Å².